The van der Waals surface area contributed by atoms with Crippen molar-refractivity contribution in [3.8, 4) is 0 Å². The molecule has 0 atom stereocenters. The Kier molecular flexibility index (Phi) is 6.74. The molecule has 1 heterocycles. The molecule has 0 bridgehead atoms. The Morgan fingerprint density at radius 2 is 1.80 bits per heavy atom. The summed E-state index contributed by atoms with van der Waals surface area (Å²) in [7, 11) is -4.01. The zero-order valence-electron chi connectivity index (χ0n) is 15.4. The van der Waals surface area contributed by atoms with Crippen LogP contribution < -0.4 is 10.3 Å². The van der Waals surface area contributed by atoms with Crippen molar-refractivity contribution in [2.75, 3.05) is 6.54 Å². The second-order valence-electron chi connectivity index (χ2n) is 6.25. The Hall–Kier alpha value is -2.10. The highest BCUT2D eigenvalue weighted by molar-refractivity contribution is 7.89. The van der Waals surface area contributed by atoms with Crippen LogP contribution in [-0.2, 0) is 26.2 Å². The average molecular weight is 491 g/mol. The van der Waals surface area contributed by atoms with Crippen molar-refractivity contribution in [3.05, 3.63) is 73.0 Å². The van der Waals surface area contributed by atoms with E-state index in [0.717, 1.165) is 5.56 Å². The van der Waals surface area contributed by atoms with Crippen LogP contribution in [0.1, 0.15) is 11.1 Å². The van der Waals surface area contributed by atoms with Crippen molar-refractivity contribution >= 4 is 61.8 Å². The predicted octanol–water partition coefficient (Wildman–Crippen LogP) is 4.08. The van der Waals surface area contributed by atoms with E-state index in [0.29, 0.717) is 21.6 Å². The first-order valence-corrected chi connectivity index (χ1v) is 11.0. The Bertz CT molecular complexity index is 1300. The maximum absolute atomic E-state index is 12.3. The van der Waals surface area contributed by atoms with Gasteiger partial charge in [-0.1, -0.05) is 34.8 Å². The monoisotopic (exact) mass is 489 g/mol. The lowest BCUT2D eigenvalue weighted by Crippen LogP contribution is -2.30. The van der Waals surface area contributed by atoms with E-state index in [9.17, 15) is 18.0 Å². The molecule has 0 aliphatic rings. The Morgan fingerprint density at radius 1 is 1.07 bits per heavy atom. The fraction of sp³-hybridized carbons (Fsp3) is 0.158. The second kappa shape index (κ2) is 8.95. The van der Waals surface area contributed by atoms with Gasteiger partial charge in [-0.3, -0.25) is 4.79 Å². The van der Waals surface area contributed by atoms with Crippen LogP contribution in [0, 0.1) is 6.92 Å². The number of hydrogen-bond donors (Lipinski definition) is 1. The van der Waals surface area contributed by atoms with Crippen LogP contribution in [0.4, 0.5) is 0 Å². The molecule has 0 amide bonds. The number of aryl methyl sites for hydroxylation is 1. The molecule has 0 aliphatic carbocycles. The van der Waals surface area contributed by atoms with Crippen LogP contribution in [0.2, 0.25) is 15.1 Å². The normalized spacial score (nSPS) is 11.6. The van der Waals surface area contributed by atoms with Crippen LogP contribution in [0.3, 0.4) is 0 Å². The van der Waals surface area contributed by atoms with Gasteiger partial charge in [0.25, 0.3) is 0 Å². The third-order valence-corrected chi connectivity index (χ3v) is 6.65. The third-order valence-electron chi connectivity index (χ3n) is 4.11. The molecule has 3 rings (SSSR count). The van der Waals surface area contributed by atoms with E-state index in [2.05, 4.69) is 4.72 Å². The summed E-state index contributed by atoms with van der Waals surface area (Å²) < 4.78 is 36.9. The van der Waals surface area contributed by atoms with Crippen LogP contribution in [0.25, 0.3) is 11.0 Å². The lowest BCUT2D eigenvalue weighted by molar-refractivity contribution is -0.143. The smallest absolute Gasteiger partial charge is 0.336 e. The summed E-state index contributed by atoms with van der Waals surface area (Å²) in [6, 6.07) is 8.14. The molecule has 7 nitrogen and oxygen atoms in total. The highest BCUT2D eigenvalue weighted by Crippen LogP contribution is 2.26. The van der Waals surface area contributed by atoms with E-state index in [1.165, 1.54) is 24.3 Å². The quantitative estimate of drug-likeness (QED) is 0.412. The molecule has 0 spiro atoms. The first-order chi connectivity index (χ1) is 14.1. The first-order valence-electron chi connectivity index (χ1n) is 8.40. The molecular weight excluding hydrogens is 477 g/mol. The van der Waals surface area contributed by atoms with Gasteiger partial charge >= 0.3 is 11.6 Å². The van der Waals surface area contributed by atoms with E-state index in [4.69, 9.17) is 44.0 Å². The highest BCUT2D eigenvalue weighted by atomic mass is 35.5. The summed E-state index contributed by atoms with van der Waals surface area (Å²) in [6.07, 6.45) is 0. The van der Waals surface area contributed by atoms with Crippen LogP contribution in [-0.4, -0.2) is 20.9 Å². The topological polar surface area (TPSA) is 103 Å². The van der Waals surface area contributed by atoms with E-state index >= 15 is 0 Å². The Morgan fingerprint density at radius 3 is 2.50 bits per heavy atom. The van der Waals surface area contributed by atoms with E-state index in [1.54, 1.807) is 19.1 Å². The van der Waals surface area contributed by atoms with Gasteiger partial charge in [-0.05, 0) is 42.8 Å². The molecule has 0 unspecified atom stereocenters. The van der Waals surface area contributed by atoms with Gasteiger partial charge in [-0.15, -0.1) is 0 Å². The summed E-state index contributed by atoms with van der Waals surface area (Å²) in [5.74, 6) is -0.849. The number of esters is 1. The molecule has 30 heavy (non-hydrogen) atoms. The van der Waals surface area contributed by atoms with E-state index in [1.807, 2.05) is 0 Å². The van der Waals surface area contributed by atoms with Gasteiger partial charge < -0.3 is 9.15 Å². The third kappa shape index (κ3) is 5.14. The Labute approximate surface area is 186 Å². The summed E-state index contributed by atoms with van der Waals surface area (Å²) >= 11 is 17.7. The molecule has 11 heteroatoms. The maximum atomic E-state index is 12.3. The number of carbonyl (C=O) groups excluding carboxylic acids is 1. The van der Waals surface area contributed by atoms with Crippen molar-refractivity contribution in [2.24, 2.45) is 0 Å². The number of halogens is 3. The number of sulfonamides is 1. The van der Waals surface area contributed by atoms with E-state index in [-0.39, 0.29) is 21.5 Å². The molecule has 158 valence electrons. The number of benzene rings is 2. The lowest BCUT2D eigenvalue weighted by Gasteiger charge is -2.10. The van der Waals surface area contributed by atoms with Crippen molar-refractivity contribution in [2.45, 2.75) is 18.4 Å². The number of fused-ring (bicyclic) bond motifs is 1. The molecule has 0 radical (unpaired) electrons. The number of carbonyl (C=O) groups is 1. The zero-order chi connectivity index (χ0) is 22.1. The molecule has 0 saturated carbocycles. The average Bonchev–Trinajstić information content (AvgIpc) is 2.68. The largest absolute Gasteiger partial charge is 0.460 e. The number of rotatable bonds is 6. The van der Waals surface area contributed by atoms with Gasteiger partial charge in [-0.25, -0.2) is 13.2 Å². The summed E-state index contributed by atoms with van der Waals surface area (Å²) in [5, 5.41) is 1.23. The summed E-state index contributed by atoms with van der Waals surface area (Å²) in [4.78, 5) is 23.6. The van der Waals surface area contributed by atoms with Gasteiger partial charge in [-0.2, -0.15) is 4.72 Å². The molecule has 1 N–H and O–H groups in total. The minimum atomic E-state index is -4.01. The summed E-state index contributed by atoms with van der Waals surface area (Å²) in [6.45, 7) is 0.866. The molecule has 3 aromatic rings. The van der Waals surface area contributed by atoms with Gasteiger partial charge in [0, 0.05) is 22.0 Å². The summed E-state index contributed by atoms with van der Waals surface area (Å²) in [5.41, 5.74) is 0.786. The van der Waals surface area contributed by atoms with Gasteiger partial charge in [0.1, 0.15) is 18.7 Å². The predicted molar refractivity (Wildman–Crippen MR) is 114 cm³/mol. The maximum Gasteiger partial charge on any atom is 0.336 e. The molecular formula is C19H14Cl3NO6S. The molecule has 0 aliphatic heterocycles. The molecule has 1 aromatic heterocycles. The van der Waals surface area contributed by atoms with Gasteiger partial charge in [0.2, 0.25) is 10.0 Å². The fourth-order valence-electron chi connectivity index (χ4n) is 2.56. The SMILES string of the molecule is Cc1cc2oc(=O)cc(COC(=O)CNS(=O)(=O)c3ccc(Cl)c(Cl)c3)c2cc1Cl. The molecule has 0 fully saturated rings. The zero-order valence-corrected chi connectivity index (χ0v) is 18.5. The van der Waals surface area contributed by atoms with Gasteiger partial charge in [0.15, 0.2) is 0 Å². The van der Waals surface area contributed by atoms with Crippen LogP contribution in [0.5, 0.6) is 0 Å². The molecule has 0 saturated heterocycles. The minimum Gasteiger partial charge on any atom is -0.460 e. The highest BCUT2D eigenvalue weighted by Gasteiger charge is 2.18. The lowest BCUT2D eigenvalue weighted by atomic mass is 10.1. The minimum absolute atomic E-state index is 0.0609. The van der Waals surface area contributed by atoms with Crippen molar-refractivity contribution < 1.29 is 22.4 Å². The second-order valence-corrected chi connectivity index (χ2v) is 9.24. The van der Waals surface area contributed by atoms with E-state index < -0.39 is 28.2 Å². The van der Waals surface area contributed by atoms with Crippen molar-refractivity contribution in [1.29, 1.82) is 0 Å². The number of ether oxygens (including phenoxy) is 1. The number of nitrogens with one attached hydrogen (secondary N) is 1. The van der Waals surface area contributed by atoms with Crippen LogP contribution in [0.15, 0.2) is 50.5 Å². The number of hydrogen-bond acceptors (Lipinski definition) is 6. The van der Waals surface area contributed by atoms with Crippen molar-refractivity contribution in [3.63, 3.8) is 0 Å². The van der Waals surface area contributed by atoms with Crippen molar-refractivity contribution in [1.82, 2.24) is 4.72 Å². The van der Waals surface area contributed by atoms with Gasteiger partial charge in [0.05, 0.1) is 14.9 Å². The first kappa shape index (κ1) is 22.6. The molecule has 2 aromatic carbocycles. The Balaban J connectivity index is 1.70. The standard InChI is InChI=1S/C19H14Cl3NO6S/c1-10-4-17-13(7-15(10)21)11(5-18(24)29-17)9-28-19(25)8-23-30(26,27)12-2-3-14(20)16(22)6-12/h2-7,23H,8-9H2,1H3. The van der Waals surface area contributed by atoms with Crippen LogP contribution >= 0.6 is 34.8 Å². The fourth-order valence-corrected chi connectivity index (χ4v) is 4.08.